The summed E-state index contributed by atoms with van der Waals surface area (Å²) in [5.74, 6) is -0.194. The fraction of sp³-hybridized carbons (Fsp3) is 0.846. The van der Waals surface area contributed by atoms with Gasteiger partial charge in [0.25, 0.3) is 0 Å². The first-order valence-electron chi connectivity index (χ1n) is 6.92. The largest absolute Gasteiger partial charge is 0.480 e. The standard InChI is InChI=1S/C13H22N2O4/c1-14(7-8-19-9-10-4-5-10)13(18)15-6-2-3-11(15)12(16)17/h10-11H,2-9H2,1H3,(H,16,17)/t11-/m0/s1. The molecule has 1 heterocycles. The van der Waals surface area contributed by atoms with Crippen LogP contribution in [0.2, 0.25) is 0 Å². The van der Waals surface area contributed by atoms with Crippen LogP contribution in [0.15, 0.2) is 0 Å². The van der Waals surface area contributed by atoms with Crippen molar-refractivity contribution in [2.24, 2.45) is 5.92 Å². The van der Waals surface area contributed by atoms with Gasteiger partial charge in [-0.05, 0) is 31.6 Å². The molecule has 6 heteroatoms. The maximum absolute atomic E-state index is 12.1. The van der Waals surface area contributed by atoms with Crippen LogP contribution in [0.3, 0.4) is 0 Å². The van der Waals surface area contributed by atoms with Crippen molar-refractivity contribution in [1.29, 1.82) is 0 Å². The maximum atomic E-state index is 12.1. The number of carbonyl (C=O) groups excluding carboxylic acids is 1. The van der Waals surface area contributed by atoms with Crippen molar-refractivity contribution in [3.05, 3.63) is 0 Å². The number of likely N-dealkylation sites (tertiary alicyclic amines) is 1. The number of aliphatic carboxylic acids is 1. The molecule has 0 aromatic rings. The average molecular weight is 270 g/mol. The molecule has 0 spiro atoms. The van der Waals surface area contributed by atoms with E-state index in [2.05, 4.69) is 0 Å². The van der Waals surface area contributed by atoms with E-state index in [0.717, 1.165) is 18.9 Å². The average Bonchev–Trinajstić information content (AvgIpc) is 3.06. The first-order valence-corrected chi connectivity index (χ1v) is 6.92. The molecule has 2 aliphatic rings. The summed E-state index contributed by atoms with van der Waals surface area (Å²) < 4.78 is 5.49. The van der Waals surface area contributed by atoms with Crippen molar-refractivity contribution in [2.75, 3.05) is 33.4 Å². The van der Waals surface area contributed by atoms with Gasteiger partial charge in [0.1, 0.15) is 6.04 Å². The Kier molecular flexibility index (Phi) is 4.63. The predicted molar refractivity (Wildman–Crippen MR) is 68.9 cm³/mol. The number of carbonyl (C=O) groups is 2. The molecule has 1 atom stereocenters. The summed E-state index contributed by atoms with van der Waals surface area (Å²) in [7, 11) is 1.69. The van der Waals surface area contributed by atoms with Crippen molar-refractivity contribution >= 4 is 12.0 Å². The normalized spacial score (nSPS) is 22.6. The third-order valence-electron chi connectivity index (χ3n) is 3.73. The molecule has 1 saturated heterocycles. The van der Waals surface area contributed by atoms with Gasteiger partial charge in [-0.25, -0.2) is 9.59 Å². The van der Waals surface area contributed by atoms with Crippen LogP contribution in [0.1, 0.15) is 25.7 Å². The second kappa shape index (κ2) is 6.23. The van der Waals surface area contributed by atoms with Crippen LogP contribution in [0.4, 0.5) is 4.79 Å². The van der Waals surface area contributed by atoms with Gasteiger partial charge in [-0.15, -0.1) is 0 Å². The van der Waals surface area contributed by atoms with Gasteiger partial charge in [0.2, 0.25) is 0 Å². The lowest BCUT2D eigenvalue weighted by Gasteiger charge is -2.27. The number of hydrogen-bond donors (Lipinski definition) is 1. The Hall–Kier alpha value is -1.30. The summed E-state index contributed by atoms with van der Waals surface area (Å²) in [6, 6.07) is -0.873. The zero-order chi connectivity index (χ0) is 13.8. The Balaban J connectivity index is 1.72. The van der Waals surface area contributed by atoms with Crippen molar-refractivity contribution in [1.82, 2.24) is 9.80 Å². The SMILES string of the molecule is CN(CCOCC1CC1)C(=O)N1CCC[C@H]1C(=O)O. The van der Waals surface area contributed by atoms with E-state index in [1.54, 1.807) is 11.9 Å². The minimum atomic E-state index is -0.913. The van der Waals surface area contributed by atoms with E-state index < -0.39 is 12.0 Å². The van der Waals surface area contributed by atoms with Gasteiger partial charge < -0.3 is 19.6 Å². The highest BCUT2D eigenvalue weighted by Crippen LogP contribution is 2.28. The number of ether oxygens (including phenoxy) is 1. The molecule has 2 amide bonds. The monoisotopic (exact) mass is 270 g/mol. The molecule has 19 heavy (non-hydrogen) atoms. The zero-order valence-corrected chi connectivity index (χ0v) is 11.4. The van der Waals surface area contributed by atoms with Gasteiger partial charge in [0.15, 0.2) is 0 Å². The van der Waals surface area contributed by atoms with Gasteiger partial charge in [-0.3, -0.25) is 0 Å². The molecule has 2 fully saturated rings. The summed E-state index contributed by atoms with van der Waals surface area (Å²) in [6.07, 6.45) is 3.81. The number of hydrogen-bond acceptors (Lipinski definition) is 3. The van der Waals surface area contributed by atoms with Crippen molar-refractivity contribution in [2.45, 2.75) is 31.7 Å². The summed E-state index contributed by atoms with van der Waals surface area (Å²) in [5, 5.41) is 9.06. The maximum Gasteiger partial charge on any atom is 0.326 e. The number of nitrogens with zero attached hydrogens (tertiary/aromatic N) is 2. The number of rotatable bonds is 6. The van der Waals surface area contributed by atoms with Gasteiger partial charge >= 0.3 is 12.0 Å². The number of amides is 2. The van der Waals surface area contributed by atoms with E-state index in [9.17, 15) is 9.59 Å². The summed E-state index contributed by atoms with van der Waals surface area (Å²) in [5.41, 5.74) is 0. The van der Waals surface area contributed by atoms with Crippen LogP contribution in [-0.2, 0) is 9.53 Å². The number of likely N-dealkylation sites (N-methyl/N-ethyl adjacent to an activating group) is 1. The highest BCUT2D eigenvalue weighted by Gasteiger charge is 2.35. The molecule has 0 unspecified atom stereocenters. The fourth-order valence-corrected chi connectivity index (χ4v) is 2.30. The smallest absolute Gasteiger partial charge is 0.326 e. The highest BCUT2D eigenvalue weighted by molar-refractivity contribution is 5.83. The molecule has 1 aliphatic heterocycles. The lowest BCUT2D eigenvalue weighted by atomic mass is 10.2. The molecule has 6 nitrogen and oxygen atoms in total. The van der Waals surface area contributed by atoms with Crippen molar-refractivity contribution in [3.63, 3.8) is 0 Å². The van der Waals surface area contributed by atoms with Gasteiger partial charge in [-0.2, -0.15) is 0 Å². The zero-order valence-electron chi connectivity index (χ0n) is 11.4. The summed E-state index contributed by atoms with van der Waals surface area (Å²) in [6.45, 7) is 2.34. The van der Waals surface area contributed by atoms with Crippen LogP contribution in [-0.4, -0.2) is 66.3 Å². The van der Waals surface area contributed by atoms with Crippen LogP contribution in [0.5, 0.6) is 0 Å². The molecule has 1 N–H and O–H groups in total. The first kappa shape index (κ1) is 14.1. The Morgan fingerprint density at radius 2 is 2.11 bits per heavy atom. The Labute approximate surface area is 113 Å². The third kappa shape index (κ3) is 3.83. The van der Waals surface area contributed by atoms with Crippen LogP contribution < -0.4 is 0 Å². The van der Waals surface area contributed by atoms with Crippen molar-refractivity contribution < 1.29 is 19.4 Å². The number of urea groups is 1. The van der Waals surface area contributed by atoms with E-state index in [1.807, 2.05) is 0 Å². The fourth-order valence-electron chi connectivity index (χ4n) is 2.30. The Morgan fingerprint density at radius 1 is 1.37 bits per heavy atom. The van der Waals surface area contributed by atoms with E-state index in [0.29, 0.717) is 26.1 Å². The molecule has 0 radical (unpaired) electrons. The second-order valence-corrected chi connectivity index (χ2v) is 5.41. The number of carboxylic acids is 1. The topological polar surface area (TPSA) is 70.1 Å². The third-order valence-corrected chi connectivity index (χ3v) is 3.73. The van der Waals surface area contributed by atoms with Crippen molar-refractivity contribution in [3.8, 4) is 0 Å². The van der Waals surface area contributed by atoms with Gasteiger partial charge in [0, 0.05) is 26.7 Å². The van der Waals surface area contributed by atoms with Crippen LogP contribution in [0.25, 0.3) is 0 Å². The molecule has 0 aromatic heterocycles. The lowest BCUT2D eigenvalue weighted by Crippen LogP contribution is -2.47. The summed E-state index contributed by atoms with van der Waals surface area (Å²) >= 11 is 0. The van der Waals surface area contributed by atoms with E-state index in [1.165, 1.54) is 17.7 Å². The lowest BCUT2D eigenvalue weighted by molar-refractivity contribution is -0.141. The number of carboxylic acid groups (broad SMARTS) is 1. The molecule has 108 valence electrons. The Morgan fingerprint density at radius 3 is 2.74 bits per heavy atom. The second-order valence-electron chi connectivity index (χ2n) is 5.41. The molecule has 1 saturated carbocycles. The van der Waals surface area contributed by atoms with Gasteiger partial charge in [-0.1, -0.05) is 0 Å². The summed E-state index contributed by atoms with van der Waals surface area (Å²) in [4.78, 5) is 26.2. The minimum absolute atomic E-state index is 0.208. The highest BCUT2D eigenvalue weighted by atomic mass is 16.5. The predicted octanol–water partition coefficient (Wildman–Crippen LogP) is 1.01. The molecule has 0 aromatic carbocycles. The van der Waals surface area contributed by atoms with E-state index >= 15 is 0 Å². The van der Waals surface area contributed by atoms with Gasteiger partial charge in [0.05, 0.1) is 6.61 Å². The molecular weight excluding hydrogens is 248 g/mol. The van der Waals surface area contributed by atoms with Crippen LogP contribution >= 0.6 is 0 Å². The first-order chi connectivity index (χ1) is 9.09. The minimum Gasteiger partial charge on any atom is -0.480 e. The molecule has 2 rings (SSSR count). The van der Waals surface area contributed by atoms with E-state index in [-0.39, 0.29) is 6.03 Å². The quantitative estimate of drug-likeness (QED) is 0.731. The molecule has 1 aliphatic carbocycles. The Bertz CT molecular complexity index is 344. The molecule has 0 bridgehead atoms. The molecular formula is C13H22N2O4. The van der Waals surface area contributed by atoms with E-state index in [4.69, 9.17) is 9.84 Å². The van der Waals surface area contributed by atoms with Crippen LogP contribution in [0, 0.1) is 5.92 Å².